The van der Waals surface area contributed by atoms with Crippen molar-refractivity contribution in [1.29, 1.82) is 0 Å². The lowest BCUT2D eigenvalue weighted by atomic mass is 10.2. The van der Waals surface area contributed by atoms with Gasteiger partial charge in [-0.25, -0.2) is 4.98 Å². The van der Waals surface area contributed by atoms with Crippen LogP contribution in [0.4, 0.5) is 0 Å². The number of para-hydroxylation sites is 1. The molecule has 0 atom stereocenters. The molecular weight excluding hydrogens is 427 g/mol. The minimum absolute atomic E-state index is 0.152. The SMILES string of the molecule is O=c1c2ccccc2nc(SCc2ccccc2Cl)n1OCc1ccccc1Cl. The van der Waals surface area contributed by atoms with E-state index >= 15 is 0 Å². The lowest BCUT2D eigenvalue weighted by Gasteiger charge is -2.14. The van der Waals surface area contributed by atoms with Crippen LogP contribution in [0.15, 0.2) is 82.7 Å². The van der Waals surface area contributed by atoms with Gasteiger partial charge in [0.15, 0.2) is 0 Å². The predicted molar refractivity (Wildman–Crippen MR) is 119 cm³/mol. The summed E-state index contributed by atoms with van der Waals surface area (Å²) >= 11 is 13.9. The Labute approximate surface area is 182 Å². The van der Waals surface area contributed by atoms with Gasteiger partial charge in [0.05, 0.1) is 10.9 Å². The maximum atomic E-state index is 13.1. The number of halogens is 2. The summed E-state index contributed by atoms with van der Waals surface area (Å²) < 4.78 is 1.24. The molecule has 4 aromatic rings. The number of aromatic nitrogens is 2. The summed E-state index contributed by atoms with van der Waals surface area (Å²) in [4.78, 5) is 23.6. The van der Waals surface area contributed by atoms with Crippen LogP contribution in [0.1, 0.15) is 11.1 Å². The molecule has 4 rings (SSSR count). The minimum atomic E-state index is -0.260. The monoisotopic (exact) mass is 442 g/mol. The zero-order valence-electron chi connectivity index (χ0n) is 15.2. The average molecular weight is 443 g/mol. The maximum absolute atomic E-state index is 13.1. The Balaban J connectivity index is 1.69. The van der Waals surface area contributed by atoms with Gasteiger partial charge < -0.3 is 4.84 Å². The van der Waals surface area contributed by atoms with Gasteiger partial charge in [0.2, 0.25) is 5.16 Å². The van der Waals surface area contributed by atoms with E-state index in [2.05, 4.69) is 4.98 Å². The normalized spacial score (nSPS) is 11.0. The number of rotatable bonds is 6. The first kappa shape index (κ1) is 19.8. The molecule has 0 bridgehead atoms. The quantitative estimate of drug-likeness (QED) is 0.287. The molecular formula is C22H16Cl2N2O2S. The van der Waals surface area contributed by atoms with E-state index in [4.69, 9.17) is 28.0 Å². The van der Waals surface area contributed by atoms with Crippen molar-refractivity contribution in [2.24, 2.45) is 0 Å². The second-order valence-electron chi connectivity index (χ2n) is 6.26. The fourth-order valence-electron chi connectivity index (χ4n) is 2.81. The highest BCUT2D eigenvalue weighted by Gasteiger charge is 2.14. The van der Waals surface area contributed by atoms with Gasteiger partial charge in [-0.3, -0.25) is 4.79 Å². The molecule has 3 aromatic carbocycles. The number of thioether (sulfide) groups is 1. The third-order valence-electron chi connectivity index (χ3n) is 4.33. The molecule has 0 aliphatic heterocycles. The molecule has 1 heterocycles. The molecule has 0 radical (unpaired) electrons. The van der Waals surface area contributed by atoms with E-state index in [0.29, 0.717) is 31.9 Å². The summed E-state index contributed by atoms with van der Waals surface area (Å²) in [6.07, 6.45) is 0. The van der Waals surface area contributed by atoms with Gasteiger partial charge in [-0.05, 0) is 29.8 Å². The van der Waals surface area contributed by atoms with E-state index in [1.807, 2.05) is 54.6 Å². The van der Waals surface area contributed by atoms with Gasteiger partial charge in [0.1, 0.15) is 6.61 Å². The number of hydrogen-bond acceptors (Lipinski definition) is 4. The van der Waals surface area contributed by atoms with Crippen molar-refractivity contribution in [3.63, 3.8) is 0 Å². The number of hydrogen-bond donors (Lipinski definition) is 0. The van der Waals surface area contributed by atoms with Crippen LogP contribution in [0.5, 0.6) is 0 Å². The summed E-state index contributed by atoms with van der Waals surface area (Å²) in [6, 6.07) is 22.2. The Morgan fingerprint density at radius 2 is 1.48 bits per heavy atom. The molecule has 1 aromatic heterocycles. The zero-order valence-corrected chi connectivity index (χ0v) is 17.5. The van der Waals surface area contributed by atoms with Crippen LogP contribution in [-0.4, -0.2) is 9.71 Å². The van der Waals surface area contributed by atoms with Crippen LogP contribution in [0.2, 0.25) is 10.0 Å². The largest absolute Gasteiger partial charge is 0.403 e. The second kappa shape index (κ2) is 8.91. The molecule has 146 valence electrons. The van der Waals surface area contributed by atoms with Gasteiger partial charge in [-0.15, -0.1) is 4.73 Å². The summed E-state index contributed by atoms with van der Waals surface area (Å²) in [5.74, 6) is 0.555. The van der Waals surface area contributed by atoms with Crippen LogP contribution >= 0.6 is 35.0 Å². The minimum Gasteiger partial charge on any atom is -0.403 e. The van der Waals surface area contributed by atoms with Crippen molar-refractivity contribution < 1.29 is 4.84 Å². The molecule has 0 spiro atoms. The average Bonchev–Trinajstić information content (AvgIpc) is 2.74. The van der Waals surface area contributed by atoms with E-state index in [-0.39, 0.29) is 12.2 Å². The molecule has 0 fully saturated rings. The van der Waals surface area contributed by atoms with Crippen LogP contribution in [0.25, 0.3) is 10.9 Å². The molecule has 0 saturated heterocycles. The van der Waals surface area contributed by atoms with E-state index in [1.54, 1.807) is 18.2 Å². The first-order valence-electron chi connectivity index (χ1n) is 8.88. The smallest absolute Gasteiger partial charge is 0.295 e. The third-order valence-corrected chi connectivity index (χ3v) is 6.04. The molecule has 0 aliphatic rings. The van der Waals surface area contributed by atoms with E-state index in [0.717, 1.165) is 11.1 Å². The van der Waals surface area contributed by atoms with Crippen LogP contribution < -0.4 is 10.4 Å². The summed E-state index contributed by atoms with van der Waals surface area (Å²) in [5.41, 5.74) is 2.11. The van der Waals surface area contributed by atoms with Crippen molar-refractivity contribution in [1.82, 2.24) is 9.71 Å². The lowest BCUT2D eigenvalue weighted by molar-refractivity contribution is 0.0683. The molecule has 0 amide bonds. The number of nitrogens with zero attached hydrogens (tertiary/aromatic N) is 2. The van der Waals surface area contributed by atoms with Gasteiger partial charge in [-0.1, -0.05) is 83.5 Å². The fourth-order valence-corrected chi connectivity index (χ4v) is 4.23. The van der Waals surface area contributed by atoms with Gasteiger partial charge in [0.25, 0.3) is 5.56 Å². The molecule has 0 unspecified atom stereocenters. The summed E-state index contributed by atoms with van der Waals surface area (Å²) in [5, 5.41) is 2.21. The lowest BCUT2D eigenvalue weighted by Crippen LogP contribution is -2.29. The van der Waals surface area contributed by atoms with Crippen molar-refractivity contribution in [2.75, 3.05) is 0 Å². The molecule has 4 nitrogen and oxygen atoms in total. The highest BCUT2D eigenvalue weighted by molar-refractivity contribution is 7.98. The standard InChI is InChI=1S/C22H16Cl2N2O2S/c23-18-10-4-1-7-15(18)13-28-26-21(27)17-9-3-6-12-20(17)25-22(26)29-14-16-8-2-5-11-19(16)24/h1-12H,13-14H2. The summed E-state index contributed by atoms with van der Waals surface area (Å²) in [7, 11) is 0. The van der Waals surface area contributed by atoms with Crippen molar-refractivity contribution in [3.05, 3.63) is 104 Å². The second-order valence-corrected chi connectivity index (χ2v) is 8.01. The van der Waals surface area contributed by atoms with Gasteiger partial charge in [-0.2, -0.15) is 0 Å². The molecule has 0 aliphatic carbocycles. The predicted octanol–water partition coefficient (Wildman–Crippen LogP) is 5.62. The Morgan fingerprint density at radius 3 is 2.21 bits per heavy atom. The topological polar surface area (TPSA) is 44.1 Å². The Hall–Kier alpha value is -2.47. The third kappa shape index (κ3) is 4.42. The Kier molecular flexibility index (Phi) is 6.09. The fraction of sp³-hybridized carbons (Fsp3) is 0.0909. The van der Waals surface area contributed by atoms with Gasteiger partial charge >= 0.3 is 0 Å². The first-order chi connectivity index (χ1) is 14.1. The van der Waals surface area contributed by atoms with Crippen LogP contribution in [0, 0.1) is 0 Å². The number of benzene rings is 3. The number of fused-ring (bicyclic) bond motifs is 1. The Bertz CT molecular complexity index is 1230. The van der Waals surface area contributed by atoms with Crippen LogP contribution in [0.3, 0.4) is 0 Å². The van der Waals surface area contributed by atoms with Crippen molar-refractivity contribution in [3.8, 4) is 0 Å². The van der Waals surface area contributed by atoms with E-state index < -0.39 is 0 Å². The van der Waals surface area contributed by atoms with Crippen LogP contribution in [-0.2, 0) is 12.4 Å². The maximum Gasteiger partial charge on any atom is 0.295 e. The first-order valence-corrected chi connectivity index (χ1v) is 10.6. The van der Waals surface area contributed by atoms with E-state index in [1.165, 1.54) is 16.5 Å². The highest BCUT2D eigenvalue weighted by Crippen LogP contribution is 2.26. The van der Waals surface area contributed by atoms with Crippen molar-refractivity contribution in [2.45, 2.75) is 17.5 Å². The molecule has 0 saturated carbocycles. The highest BCUT2D eigenvalue weighted by atomic mass is 35.5. The molecule has 0 N–H and O–H groups in total. The van der Waals surface area contributed by atoms with Crippen molar-refractivity contribution >= 4 is 45.9 Å². The van der Waals surface area contributed by atoms with E-state index in [9.17, 15) is 4.79 Å². The zero-order chi connectivity index (χ0) is 20.2. The summed E-state index contributed by atoms with van der Waals surface area (Å²) in [6.45, 7) is 0.152. The molecule has 7 heteroatoms. The Morgan fingerprint density at radius 1 is 0.862 bits per heavy atom. The van der Waals surface area contributed by atoms with Gasteiger partial charge in [0, 0.05) is 21.4 Å². The molecule has 29 heavy (non-hydrogen) atoms.